The Bertz CT molecular complexity index is 701. The lowest BCUT2D eigenvalue weighted by atomic mass is 9.61. The Morgan fingerprint density at radius 2 is 1.75 bits per heavy atom. The largest absolute Gasteiger partial charge is 0.416 e. The SMILES string of the molecule is FC(F)(F)c1ccc(N(c2cccnc2)C2CC3(CNC3)C2)cc1. The maximum atomic E-state index is 12.8. The molecular weight excluding hydrogens is 315 g/mol. The van der Waals surface area contributed by atoms with E-state index in [1.165, 1.54) is 0 Å². The van der Waals surface area contributed by atoms with Gasteiger partial charge in [0.1, 0.15) is 0 Å². The number of nitrogens with zero attached hydrogens (tertiary/aromatic N) is 2. The quantitative estimate of drug-likeness (QED) is 0.920. The minimum Gasteiger partial charge on any atom is -0.337 e. The number of alkyl halides is 3. The third-order valence-electron chi connectivity index (χ3n) is 5.10. The van der Waals surface area contributed by atoms with Gasteiger partial charge in [0.25, 0.3) is 0 Å². The fourth-order valence-electron chi connectivity index (χ4n) is 3.77. The van der Waals surface area contributed by atoms with Crippen LogP contribution in [-0.4, -0.2) is 24.1 Å². The Balaban J connectivity index is 1.63. The van der Waals surface area contributed by atoms with Gasteiger partial charge in [-0.1, -0.05) is 0 Å². The van der Waals surface area contributed by atoms with Crippen molar-refractivity contribution in [3.8, 4) is 0 Å². The number of hydrogen-bond donors (Lipinski definition) is 1. The van der Waals surface area contributed by atoms with Gasteiger partial charge in [0, 0.05) is 31.0 Å². The van der Waals surface area contributed by atoms with E-state index in [0.717, 1.165) is 49.4 Å². The van der Waals surface area contributed by atoms with Crippen molar-refractivity contribution < 1.29 is 13.2 Å². The molecule has 4 rings (SSSR count). The van der Waals surface area contributed by atoms with Gasteiger partial charge in [-0.05, 0) is 54.7 Å². The molecule has 1 saturated heterocycles. The summed E-state index contributed by atoms with van der Waals surface area (Å²) in [6, 6.07) is 9.52. The Morgan fingerprint density at radius 3 is 2.25 bits per heavy atom. The van der Waals surface area contributed by atoms with Gasteiger partial charge in [-0.3, -0.25) is 4.98 Å². The van der Waals surface area contributed by atoms with Crippen LogP contribution in [0.4, 0.5) is 24.5 Å². The number of benzene rings is 1. The summed E-state index contributed by atoms with van der Waals surface area (Å²) in [5.74, 6) is 0. The molecular formula is C18H18F3N3. The van der Waals surface area contributed by atoms with E-state index in [9.17, 15) is 13.2 Å². The summed E-state index contributed by atoms with van der Waals surface area (Å²) in [6.45, 7) is 2.08. The summed E-state index contributed by atoms with van der Waals surface area (Å²) >= 11 is 0. The van der Waals surface area contributed by atoms with Crippen molar-refractivity contribution in [2.45, 2.75) is 25.1 Å². The van der Waals surface area contributed by atoms with Crippen molar-refractivity contribution in [3.05, 3.63) is 54.4 Å². The van der Waals surface area contributed by atoms with Gasteiger partial charge in [0.2, 0.25) is 0 Å². The van der Waals surface area contributed by atoms with E-state index in [-0.39, 0.29) is 0 Å². The molecule has 2 heterocycles. The first-order chi connectivity index (χ1) is 11.5. The predicted molar refractivity (Wildman–Crippen MR) is 86.1 cm³/mol. The maximum Gasteiger partial charge on any atom is 0.416 e. The van der Waals surface area contributed by atoms with Crippen LogP contribution in [0.25, 0.3) is 0 Å². The molecule has 1 aromatic heterocycles. The molecule has 2 fully saturated rings. The first-order valence-electron chi connectivity index (χ1n) is 8.04. The number of aromatic nitrogens is 1. The van der Waals surface area contributed by atoms with E-state index in [1.807, 2.05) is 12.1 Å². The summed E-state index contributed by atoms with van der Waals surface area (Å²) in [6.07, 6.45) is 1.26. The van der Waals surface area contributed by atoms with Crippen molar-refractivity contribution in [3.63, 3.8) is 0 Å². The van der Waals surface area contributed by atoms with Crippen LogP contribution < -0.4 is 10.2 Å². The predicted octanol–water partition coefficient (Wildman–Crippen LogP) is 3.99. The second kappa shape index (κ2) is 5.48. The molecule has 0 radical (unpaired) electrons. The van der Waals surface area contributed by atoms with Gasteiger partial charge in [0.05, 0.1) is 17.4 Å². The highest BCUT2D eigenvalue weighted by molar-refractivity contribution is 5.64. The highest BCUT2D eigenvalue weighted by Gasteiger charge is 2.50. The first-order valence-corrected chi connectivity index (χ1v) is 8.04. The van der Waals surface area contributed by atoms with Crippen molar-refractivity contribution in [1.82, 2.24) is 10.3 Å². The molecule has 2 aliphatic rings. The van der Waals surface area contributed by atoms with Gasteiger partial charge in [-0.15, -0.1) is 0 Å². The van der Waals surface area contributed by atoms with E-state index in [1.54, 1.807) is 24.5 Å². The van der Waals surface area contributed by atoms with Gasteiger partial charge in [0.15, 0.2) is 0 Å². The standard InChI is InChI=1S/C18H18F3N3/c19-18(20,21)13-3-5-14(6-4-13)24(15-2-1-7-22-10-15)16-8-17(9-16)11-23-12-17/h1-7,10,16,23H,8-9,11-12H2. The van der Waals surface area contributed by atoms with E-state index in [4.69, 9.17) is 0 Å². The molecule has 1 aliphatic carbocycles. The smallest absolute Gasteiger partial charge is 0.337 e. The average molecular weight is 333 g/mol. The van der Waals surface area contributed by atoms with Gasteiger partial charge in [-0.2, -0.15) is 13.2 Å². The van der Waals surface area contributed by atoms with Gasteiger partial charge < -0.3 is 10.2 Å². The monoisotopic (exact) mass is 333 g/mol. The maximum absolute atomic E-state index is 12.8. The molecule has 2 aromatic rings. The summed E-state index contributed by atoms with van der Waals surface area (Å²) in [5.41, 5.74) is 1.47. The second-order valence-corrected chi connectivity index (χ2v) is 6.79. The molecule has 0 amide bonds. The summed E-state index contributed by atoms with van der Waals surface area (Å²) in [4.78, 5) is 6.29. The van der Waals surface area contributed by atoms with Crippen LogP contribution >= 0.6 is 0 Å². The third-order valence-corrected chi connectivity index (χ3v) is 5.10. The minimum atomic E-state index is -4.31. The van der Waals surface area contributed by atoms with E-state index in [0.29, 0.717) is 11.5 Å². The number of hydrogen-bond acceptors (Lipinski definition) is 3. The van der Waals surface area contributed by atoms with Crippen LogP contribution in [0.2, 0.25) is 0 Å². The molecule has 1 aromatic carbocycles. The lowest BCUT2D eigenvalue weighted by Crippen LogP contribution is -2.64. The zero-order valence-electron chi connectivity index (χ0n) is 13.1. The molecule has 0 atom stereocenters. The number of rotatable bonds is 3. The van der Waals surface area contributed by atoms with Crippen LogP contribution in [0.1, 0.15) is 18.4 Å². The fourth-order valence-corrected chi connectivity index (χ4v) is 3.77. The van der Waals surface area contributed by atoms with E-state index < -0.39 is 11.7 Å². The summed E-state index contributed by atoms with van der Waals surface area (Å²) in [5, 5.41) is 3.31. The van der Waals surface area contributed by atoms with Crippen LogP contribution in [0.15, 0.2) is 48.8 Å². The molecule has 0 bridgehead atoms. The van der Waals surface area contributed by atoms with Crippen LogP contribution in [-0.2, 0) is 6.18 Å². The normalized spacial score (nSPS) is 19.6. The summed E-state index contributed by atoms with van der Waals surface area (Å²) in [7, 11) is 0. The number of halogens is 3. The minimum absolute atomic E-state index is 0.299. The van der Waals surface area contributed by atoms with Gasteiger partial charge in [-0.25, -0.2) is 0 Å². The van der Waals surface area contributed by atoms with Crippen LogP contribution in [0.3, 0.4) is 0 Å². The topological polar surface area (TPSA) is 28.2 Å². The Labute approximate surface area is 138 Å². The molecule has 1 aliphatic heterocycles. The number of nitrogens with one attached hydrogen (secondary N) is 1. The molecule has 3 nitrogen and oxygen atoms in total. The molecule has 126 valence electrons. The molecule has 0 unspecified atom stereocenters. The Morgan fingerprint density at radius 1 is 1.04 bits per heavy atom. The zero-order chi connectivity index (χ0) is 16.8. The molecule has 1 saturated carbocycles. The number of pyridine rings is 1. The Kier molecular flexibility index (Phi) is 3.53. The molecule has 24 heavy (non-hydrogen) atoms. The van der Waals surface area contributed by atoms with Crippen molar-refractivity contribution in [2.75, 3.05) is 18.0 Å². The van der Waals surface area contributed by atoms with Crippen molar-refractivity contribution in [1.29, 1.82) is 0 Å². The average Bonchev–Trinajstić information content (AvgIpc) is 2.49. The second-order valence-electron chi connectivity index (χ2n) is 6.79. The van der Waals surface area contributed by atoms with E-state index in [2.05, 4.69) is 15.2 Å². The fraction of sp³-hybridized carbons (Fsp3) is 0.389. The molecule has 1 N–H and O–H groups in total. The first kappa shape index (κ1) is 15.4. The third kappa shape index (κ3) is 2.65. The van der Waals surface area contributed by atoms with Crippen molar-refractivity contribution in [2.24, 2.45) is 5.41 Å². The highest BCUT2D eigenvalue weighted by Crippen LogP contribution is 2.49. The highest BCUT2D eigenvalue weighted by atomic mass is 19.4. The van der Waals surface area contributed by atoms with Crippen molar-refractivity contribution >= 4 is 11.4 Å². The Hall–Kier alpha value is -2.08. The summed E-state index contributed by atoms with van der Waals surface area (Å²) < 4.78 is 38.4. The molecule has 1 spiro atoms. The van der Waals surface area contributed by atoms with Crippen LogP contribution in [0, 0.1) is 5.41 Å². The van der Waals surface area contributed by atoms with Crippen LogP contribution in [0.5, 0.6) is 0 Å². The zero-order valence-corrected chi connectivity index (χ0v) is 13.1. The van der Waals surface area contributed by atoms with E-state index >= 15 is 0 Å². The molecule has 6 heteroatoms. The lowest BCUT2D eigenvalue weighted by molar-refractivity contribution is -0.137. The van der Waals surface area contributed by atoms with Gasteiger partial charge >= 0.3 is 6.18 Å². The number of anilines is 2. The lowest BCUT2D eigenvalue weighted by Gasteiger charge is -2.57.